The highest BCUT2D eigenvalue weighted by atomic mass is 32.2. The number of hydrogen-bond donors (Lipinski definition) is 1. The first-order chi connectivity index (χ1) is 10.7. The molecule has 0 aliphatic carbocycles. The molecule has 2 heterocycles. The Morgan fingerprint density at radius 2 is 1.95 bits per heavy atom. The molecule has 1 aliphatic heterocycles. The van der Waals surface area contributed by atoms with Crippen LogP contribution in [0.2, 0.25) is 0 Å². The van der Waals surface area contributed by atoms with E-state index in [0.717, 1.165) is 11.3 Å². The summed E-state index contributed by atoms with van der Waals surface area (Å²) in [5, 5.41) is 2.65. The minimum atomic E-state index is -0.244. The fraction of sp³-hybridized carbons (Fsp3) is 0.200. The molecule has 1 aromatic carbocycles. The van der Waals surface area contributed by atoms with Crippen molar-refractivity contribution in [3.8, 4) is 11.4 Å². The Labute approximate surface area is 132 Å². The number of rotatable bonds is 4. The third-order valence-corrected chi connectivity index (χ3v) is 4.04. The molecule has 112 valence electrons. The first kappa shape index (κ1) is 14.5. The van der Waals surface area contributed by atoms with Gasteiger partial charge >= 0.3 is 0 Å². The van der Waals surface area contributed by atoms with Gasteiger partial charge in [-0.3, -0.25) is 9.59 Å². The zero-order valence-electron chi connectivity index (χ0n) is 11.7. The molecule has 1 fully saturated rings. The molecule has 1 saturated heterocycles. The summed E-state index contributed by atoms with van der Waals surface area (Å²) in [6, 6.07) is 9.60. The van der Waals surface area contributed by atoms with E-state index in [0.29, 0.717) is 18.1 Å². The maximum Gasteiger partial charge on any atom is 0.282 e. The molecule has 2 amide bonds. The summed E-state index contributed by atoms with van der Waals surface area (Å²) in [6.45, 7) is 0.673. The van der Waals surface area contributed by atoms with Crippen molar-refractivity contribution in [2.45, 2.75) is 0 Å². The van der Waals surface area contributed by atoms with E-state index in [2.05, 4.69) is 15.3 Å². The van der Waals surface area contributed by atoms with Gasteiger partial charge in [-0.1, -0.05) is 42.1 Å². The van der Waals surface area contributed by atoms with Gasteiger partial charge in [0.05, 0.1) is 18.1 Å². The Morgan fingerprint density at radius 1 is 1.23 bits per heavy atom. The highest BCUT2D eigenvalue weighted by Gasteiger charge is 2.23. The normalized spacial score (nSPS) is 14.2. The Kier molecular flexibility index (Phi) is 4.34. The van der Waals surface area contributed by atoms with Gasteiger partial charge in [0, 0.05) is 17.9 Å². The predicted molar refractivity (Wildman–Crippen MR) is 85.5 cm³/mol. The van der Waals surface area contributed by atoms with Crippen LogP contribution in [0.1, 0.15) is 0 Å². The lowest BCUT2D eigenvalue weighted by molar-refractivity contribution is -0.116. The van der Waals surface area contributed by atoms with Crippen LogP contribution in [-0.2, 0) is 4.79 Å². The fourth-order valence-electron chi connectivity index (χ4n) is 2.07. The molecule has 0 unspecified atom stereocenters. The van der Waals surface area contributed by atoms with Crippen LogP contribution >= 0.6 is 11.8 Å². The molecule has 0 atom stereocenters. The van der Waals surface area contributed by atoms with E-state index in [1.54, 1.807) is 12.4 Å². The molecule has 0 saturated carbocycles. The first-order valence-corrected chi connectivity index (χ1v) is 7.80. The number of nitrogens with zero attached hydrogens (tertiary/aromatic N) is 3. The zero-order valence-corrected chi connectivity index (χ0v) is 12.5. The van der Waals surface area contributed by atoms with Gasteiger partial charge in [-0.05, 0) is 0 Å². The standard InChI is InChI=1S/C15H14N4O2S/c20-13(10-19-6-7-22-15(19)21)18-12-8-16-14(17-9-12)11-4-2-1-3-5-11/h1-5,8-9H,6-7,10H2,(H,18,20). The quantitative estimate of drug-likeness (QED) is 0.937. The molecule has 0 bridgehead atoms. The smallest absolute Gasteiger partial charge is 0.282 e. The summed E-state index contributed by atoms with van der Waals surface area (Å²) in [7, 11) is 0. The average Bonchev–Trinajstić information content (AvgIpc) is 2.94. The van der Waals surface area contributed by atoms with E-state index in [-0.39, 0.29) is 17.7 Å². The van der Waals surface area contributed by atoms with Crippen LogP contribution in [0.4, 0.5) is 10.5 Å². The second-order valence-electron chi connectivity index (χ2n) is 4.75. The Bertz CT molecular complexity index is 676. The molecule has 2 aromatic rings. The summed E-state index contributed by atoms with van der Waals surface area (Å²) in [4.78, 5) is 33.4. The van der Waals surface area contributed by atoms with Gasteiger partial charge in [-0.2, -0.15) is 0 Å². The maximum atomic E-state index is 11.9. The van der Waals surface area contributed by atoms with E-state index in [1.165, 1.54) is 16.7 Å². The zero-order chi connectivity index (χ0) is 15.4. The largest absolute Gasteiger partial charge is 0.323 e. The summed E-state index contributed by atoms with van der Waals surface area (Å²) in [5.74, 6) is 1.10. The summed E-state index contributed by atoms with van der Waals surface area (Å²) >= 11 is 1.24. The number of carbonyl (C=O) groups excluding carboxylic acids is 2. The first-order valence-electron chi connectivity index (χ1n) is 6.81. The summed E-state index contributed by atoms with van der Waals surface area (Å²) in [5.41, 5.74) is 1.43. The second kappa shape index (κ2) is 6.57. The van der Waals surface area contributed by atoms with Crippen LogP contribution in [0.15, 0.2) is 42.7 Å². The third-order valence-electron chi connectivity index (χ3n) is 3.15. The minimum Gasteiger partial charge on any atom is -0.323 e. The van der Waals surface area contributed by atoms with Crippen molar-refractivity contribution >= 4 is 28.6 Å². The molecule has 7 heteroatoms. The van der Waals surface area contributed by atoms with Crippen molar-refractivity contribution < 1.29 is 9.59 Å². The lowest BCUT2D eigenvalue weighted by Crippen LogP contribution is -2.33. The molecule has 1 aromatic heterocycles. The van der Waals surface area contributed by atoms with Crippen LogP contribution in [-0.4, -0.2) is 44.9 Å². The van der Waals surface area contributed by atoms with Crippen molar-refractivity contribution in [3.63, 3.8) is 0 Å². The summed E-state index contributed by atoms with van der Waals surface area (Å²) in [6.07, 6.45) is 3.13. The van der Waals surface area contributed by atoms with Crippen molar-refractivity contribution in [3.05, 3.63) is 42.7 Å². The summed E-state index contributed by atoms with van der Waals surface area (Å²) < 4.78 is 0. The van der Waals surface area contributed by atoms with Gasteiger partial charge in [-0.15, -0.1) is 0 Å². The van der Waals surface area contributed by atoms with Crippen molar-refractivity contribution in [1.29, 1.82) is 0 Å². The molecule has 22 heavy (non-hydrogen) atoms. The molecule has 0 spiro atoms. The van der Waals surface area contributed by atoms with E-state index in [9.17, 15) is 9.59 Å². The molecule has 3 rings (SSSR count). The topological polar surface area (TPSA) is 75.2 Å². The second-order valence-corrected chi connectivity index (χ2v) is 5.79. The fourth-order valence-corrected chi connectivity index (χ4v) is 2.90. The van der Waals surface area contributed by atoms with Crippen LogP contribution in [0.5, 0.6) is 0 Å². The van der Waals surface area contributed by atoms with Crippen molar-refractivity contribution in [2.24, 2.45) is 0 Å². The van der Waals surface area contributed by atoms with Crippen LogP contribution in [0, 0.1) is 0 Å². The van der Waals surface area contributed by atoms with E-state index < -0.39 is 0 Å². The van der Waals surface area contributed by atoms with E-state index in [4.69, 9.17) is 0 Å². The average molecular weight is 314 g/mol. The highest BCUT2D eigenvalue weighted by molar-refractivity contribution is 8.13. The number of nitrogens with one attached hydrogen (secondary N) is 1. The number of benzene rings is 1. The number of aromatic nitrogens is 2. The molecular formula is C15H14N4O2S. The molecule has 6 nitrogen and oxygen atoms in total. The van der Waals surface area contributed by atoms with Crippen molar-refractivity contribution in [1.82, 2.24) is 14.9 Å². The number of thioether (sulfide) groups is 1. The van der Waals surface area contributed by atoms with Gasteiger partial charge in [0.2, 0.25) is 5.91 Å². The minimum absolute atomic E-state index is 0.0502. The monoisotopic (exact) mass is 314 g/mol. The Hall–Kier alpha value is -2.41. The van der Waals surface area contributed by atoms with Gasteiger partial charge in [0.1, 0.15) is 6.54 Å². The molecule has 0 radical (unpaired) electrons. The predicted octanol–water partition coefficient (Wildman–Crippen LogP) is 2.25. The molecule has 1 aliphatic rings. The maximum absolute atomic E-state index is 11.9. The van der Waals surface area contributed by atoms with Crippen LogP contribution in [0.3, 0.4) is 0 Å². The third kappa shape index (κ3) is 3.43. The highest BCUT2D eigenvalue weighted by Crippen LogP contribution is 2.17. The van der Waals surface area contributed by atoms with E-state index >= 15 is 0 Å². The van der Waals surface area contributed by atoms with Gasteiger partial charge < -0.3 is 10.2 Å². The van der Waals surface area contributed by atoms with Crippen LogP contribution in [0.25, 0.3) is 11.4 Å². The number of carbonyl (C=O) groups is 2. The number of amides is 2. The van der Waals surface area contributed by atoms with Crippen molar-refractivity contribution in [2.75, 3.05) is 24.2 Å². The Balaban J connectivity index is 1.61. The lowest BCUT2D eigenvalue weighted by Gasteiger charge is -2.13. The Morgan fingerprint density at radius 3 is 2.59 bits per heavy atom. The molecular weight excluding hydrogens is 300 g/mol. The van der Waals surface area contributed by atoms with E-state index in [1.807, 2.05) is 30.3 Å². The van der Waals surface area contributed by atoms with Crippen LogP contribution < -0.4 is 5.32 Å². The van der Waals surface area contributed by atoms with Gasteiger partial charge in [0.15, 0.2) is 5.82 Å². The lowest BCUT2D eigenvalue weighted by atomic mass is 10.2. The van der Waals surface area contributed by atoms with Gasteiger partial charge in [-0.25, -0.2) is 9.97 Å². The molecule has 1 N–H and O–H groups in total. The van der Waals surface area contributed by atoms with Gasteiger partial charge in [0.25, 0.3) is 5.24 Å². The number of hydrogen-bond acceptors (Lipinski definition) is 5. The SMILES string of the molecule is O=C(CN1CCSC1=O)Nc1cnc(-c2ccccc2)nc1. The number of anilines is 1.